The Bertz CT molecular complexity index is 516. The number of nitrogens with one attached hydrogen (secondary N) is 1. The molecular formula is C13H20ClN5O3. The number of aromatic nitrogens is 2. The van der Waals surface area contributed by atoms with Gasteiger partial charge in [0.1, 0.15) is 17.2 Å². The number of piperidine rings is 1. The zero-order valence-electron chi connectivity index (χ0n) is 12.2. The SMILES string of the molecule is Nc1ncnc(COCNC2CCCN(CC(=O)O)C2)c1Cl. The van der Waals surface area contributed by atoms with E-state index in [9.17, 15) is 4.79 Å². The first-order valence-corrected chi connectivity index (χ1v) is 7.44. The first-order chi connectivity index (χ1) is 10.6. The number of nitrogens with zero attached hydrogens (tertiary/aromatic N) is 3. The number of carbonyl (C=O) groups is 1. The Labute approximate surface area is 133 Å². The molecule has 1 atom stereocenters. The Kier molecular flexibility index (Phi) is 6.32. The Hall–Kier alpha value is -1.48. The molecule has 1 aromatic rings. The molecule has 2 heterocycles. The molecule has 0 spiro atoms. The average molecular weight is 330 g/mol. The highest BCUT2D eigenvalue weighted by atomic mass is 35.5. The quantitative estimate of drug-likeness (QED) is 0.484. The summed E-state index contributed by atoms with van der Waals surface area (Å²) in [6.45, 7) is 2.18. The fourth-order valence-corrected chi connectivity index (χ4v) is 2.56. The molecule has 9 heteroatoms. The lowest BCUT2D eigenvalue weighted by molar-refractivity contribution is -0.138. The van der Waals surface area contributed by atoms with E-state index in [0.29, 0.717) is 24.0 Å². The van der Waals surface area contributed by atoms with Crippen LogP contribution in [-0.4, -0.2) is 58.4 Å². The van der Waals surface area contributed by atoms with Gasteiger partial charge in [-0.15, -0.1) is 0 Å². The molecule has 1 aliphatic rings. The van der Waals surface area contributed by atoms with Crippen LogP contribution in [0, 0.1) is 0 Å². The molecule has 8 nitrogen and oxygen atoms in total. The van der Waals surface area contributed by atoms with Gasteiger partial charge in [-0.05, 0) is 19.4 Å². The van der Waals surface area contributed by atoms with Crippen molar-refractivity contribution >= 4 is 23.4 Å². The van der Waals surface area contributed by atoms with Gasteiger partial charge in [0.25, 0.3) is 0 Å². The number of aliphatic carboxylic acids is 1. The van der Waals surface area contributed by atoms with Gasteiger partial charge in [0, 0.05) is 12.6 Å². The van der Waals surface area contributed by atoms with Crippen molar-refractivity contribution in [2.45, 2.75) is 25.5 Å². The van der Waals surface area contributed by atoms with Gasteiger partial charge >= 0.3 is 5.97 Å². The van der Waals surface area contributed by atoms with Crippen molar-refractivity contribution in [2.75, 3.05) is 32.1 Å². The van der Waals surface area contributed by atoms with Gasteiger partial charge in [0.05, 0.1) is 25.6 Å². The summed E-state index contributed by atoms with van der Waals surface area (Å²) in [6, 6.07) is 0.221. The maximum atomic E-state index is 10.7. The number of halogens is 1. The van der Waals surface area contributed by atoms with Gasteiger partial charge in [-0.25, -0.2) is 9.97 Å². The molecule has 0 aliphatic carbocycles. The standard InChI is InChI=1S/C13H20ClN5O3/c14-12-10(16-7-17-13(12)15)6-22-8-18-9-2-1-3-19(4-9)5-11(20)21/h7,9,18H,1-6,8H2,(H,20,21)(H2,15,16,17). The summed E-state index contributed by atoms with van der Waals surface area (Å²) >= 11 is 5.98. The average Bonchev–Trinajstić information content (AvgIpc) is 2.47. The van der Waals surface area contributed by atoms with E-state index in [-0.39, 0.29) is 25.0 Å². The zero-order chi connectivity index (χ0) is 15.9. The van der Waals surface area contributed by atoms with Gasteiger partial charge in [0.2, 0.25) is 0 Å². The van der Waals surface area contributed by atoms with Crippen molar-refractivity contribution in [3.8, 4) is 0 Å². The maximum Gasteiger partial charge on any atom is 0.317 e. The van der Waals surface area contributed by atoms with Crippen molar-refractivity contribution in [1.82, 2.24) is 20.2 Å². The number of carboxylic acids is 1. The number of nitrogen functional groups attached to an aromatic ring is 1. The molecule has 1 aromatic heterocycles. The summed E-state index contributed by atoms with van der Waals surface area (Å²) in [5, 5.41) is 12.4. The predicted octanol–water partition coefficient (Wildman–Crippen LogP) is 0.325. The van der Waals surface area contributed by atoms with Crippen LogP contribution in [0.5, 0.6) is 0 Å². The summed E-state index contributed by atoms with van der Waals surface area (Å²) in [7, 11) is 0. The van der Waals surface area contributed by atoms with Crippen LogP contribution in [0.15, 0.2) is 6.33 Å². The predicted molar refractivity (Wildman–Crippen MR) is 81.3 cm³/mol. The normalized spacial score (nSPS) is 19.2. The monoisotopic (exact) mass is 329 g/mol. The zero-order valence-corrected chi connectivity index (χ0v) is 12.9. The Morgan fingerprint density at radius 3 is 3.18 bits per heavy atom. The lowest BCUT2D eigenvalue weighted by Crippen LogP contribution is -2.47. The van der Waals surface area contributed by atoms with Crippen LogP contribution >= 0.6 is 11.6 Å². The molecule has 22 heavy (non-hydrogen) atoms. The number of hydrogen-bond acceptors (Lipinski definition) is 7. The number of rotatable bonds is 7. The summed E-state index contributed by atoms with van der Waals surface area (Å²) in [4.78, 5) is 20.5. The second kappa shape index (κ2) is 8.23. The van der Waals surface area contributed by atoms with E-state index in [1.807, 2.05) is 4.90 Å². The van der Waals surface area contributed by atoms with E-state index in [1.165, 1.54) is 6.33 Å². The first kappa shape index (κ1) is 16.9. The summed E-state index contributed by atoms with van der Waals surface area (Å²) < 4.78 is 5.50. The molecule has 4 N–H and O–H groups in total. The van der Waals surface area contributed by atoms with E-state index >= 15 is 0 Å². The molecule has 0 bridgehead atoms. The highest BCUT2D eigenvalue weighted by Gasteiger charge is 2.20. The van der Waals surface area contributed by atoms with Crippen LogP contribution in [0.4, 0.5) is 5.82 Å². The third kappa shape index (κ3) is 5.06. The molecular weight excluding hydrogens is 310 g/mol. The van der Waals surface area contributed by atoms with E-state index < -0.39 is 5.97 Å². The molecule has 1 unspecified atom stereocenters. The van der Waals surface area contributed by atoms with Crippen LogP contribution in [0.1, 0.15) is 18.5 Å². The minimum absolute atomic E-state index is 0.0782. The largest absolute Gasteiger partial charge is 0.480 e. The molecule has 122 valence electrons. The van der Waals surface area contributed by atoms with Crippen LogP contribution < -0.4 is 11.1 Å². The van der Waals surface area contributed by atoms with Gasteiger partial charge in [-0.2, -0.15) is 0 Å². The van der Waals surface area contributed by atoms with Gasteiger partial charge < -0.3 is 15.6 Å². The van der Waals surface area contributed by atoms with E-state index in [1.54, 1.807) is 0 Å². The summed E-state index contributed by atoms with van der Waals surface area (Å²) in [6.07, 6.45) is 3.32. The fourth-order valence-electron chi connectivity index (χ4n) is 2.40. The molecule has 0 saturated carbocycles. The molecule has 1 fully saturated rings. The van der Waals surface area contributed by atoms with Crippen molar-refractivity contribution in [2.24, 2.45) is 0 Å². The van der Waals surface area contributed by atoms with E-state index in [0.717, 1.165) is 19.4 Å². The summed E-state index contributed by atoms with van der Waals surface area (Å²) in [5.74, 6) is -0.562. The molecule has 0 aromatic carbocycles. The third-order valence-electron chi connectivity index (χ3n) is 3.47. The molecule has 1 aliphatic heterocycles. The van der Waals surface area contributed by atoms with Crippen LogP contribution in [-0.2, 0) is 16.1 Å². The Morgan fingerprint density at radius 1 is 1.59 bits per heavy atom. The number of nitrogens with two attached hydrogens (primary N) is 1. The van der Waals surface area contributed by atoms with Crippen molar-refractivity contribution < 1.29 is 14.6 Å². The maximum absolute atomic E-state index is 10.7. The van der Waals surface area contributed by atoms with Crippen molar-refractivity contribution in [3.63, 3.8) is 0 Å². The van der Waals surface area contributed by atoms with Crippen LogP contribution in [0.2, 0.25) is 5.02 Å². The number of carboxylic acid groups (broad SMARTS) is 1. The summed E-state index contributed by atoms with van der Waals surface area (Å²) in [5.41, 5.74) is 6.14. The molecule has 1 saturated heterocycles. The number of ether oxygens (including phenoxy) is 1. The van der Waals surface area contributed by atoms with E-state index in [4.69, 9.17) is 27.2 Å². The molecule has 0 radical (unpaired) electrons. The topological polar surface area (TPSA) is 114 Å². The van der Waals surface area contributed by atoms with E-state index in [2.05, 4.69) is 15.3 Å². The third-order valence-corrected chi connectivity index (χ3v) is 3.88. The molecule has 0 amide bonds. The van der Waals surface area contributed by atoms with Crippen LogP contribution in [0.3, 0.4) is 0 Å². The number of anilines is 1. The van der Waals surface area contributed by atoms with Crippen molar-refractivity contribution in [1.29, 1.82) is 0 Å². The first-order valence-electron chi connectivity index (χ1n) is 7.06. The van der Waals surface area contributed by atoms with Gasteiger partial charge in [-0.3, -0.25) is 15.0 Å². The lowest BCUT2D eigenvalue weighted by atomic mass is 10.1. The van der Waals surface area contributed by atoms with Crippen molar-refractivity contribution in [3.05, 3.63) is 17.0 Å². The second-order valence-corrected chi connectivity index (χ2v) is 5.56. The second-order valence-electron chi connectivity index (χ2n) is 5.18. The lowest BCUT2D eigenvalue weighted by Gasteiger charge is -2.32. The van der Waals surface area contributed by atoms with Crippen LogP contribution in [0.25, 0.3) is 0 Å². The number of hydrogen-bond donors (Lipinski definition) is 3. The Balaban J connectivity index is 1.70. The smallest absolute Gasteiger partial charge is 0.317 e. The fraction of sp³-hybridized carbons (Fsp3) is 0.615. The molecule has 2 rings (SSSR count). The highest BCUT2D eigenvalue weighted by molar-refractivity contribution is 6.33. The highest BCUT2D eigenvalue weighted by Crippen LogP contribution is 2.19. The number of likely N-dealkylation sites (tertiary alicyclic amines) is 1. The van der Waals surface area contributed by atoms with Gasteiger partial charge in [-0.1, -0.05) is 11.6 Å². The minimum atomic E-state index is -0.798. The van der Waals surface area contributed by atoms with Gasteiger partial charge in [0.15, 0.2) is 0 Å². The minimum Gasteiger partial charge on any atom is -0.480 e. The Morgan fingerprint density at radius 2 is 2.41 bits per heavy atom.